The summed E-state index contributed by atoms with van der Waals surface area (Å²) in [5.41, 5.74) is 1.04. The minimum atomic E-state index is -0.322. The molecule has 84 valence electrons. The number of hydrogen-bond donors (Lipinski definition) is 1. The molecular weight excluding hydrogens is 211 g/mol. The van der Waals surface area contributed by atoms with Crippen LogP contribution in [0.5, 0.6) is 0 Å². The molecule has 2 aromatic rings. The Labute approximate surface area is 91.4 Å². The molecule has 4 nitrogen and oxygen atoms in total. The second kappa shape index (κ2) is 3.84. The molecule has 0 radical (unpaired) electrons. The van der Waals surface area contributed by atoms with Gasteiger partial charge in [0, 0.05) is 0 Å². The van der Waals surface area contributed by atoms with Crippen molar-refractivity contribution < 1.29 is 13.9 Å². The van der Waals surface area contributed by atoms with E-state index >= 15 is 0 Å². The van der Waals surface area contributed by atoms with Crippen molar-refractivity contribution in [3.05, 3.63) is 29.8 Å². The number of nitrogens with zero attached hydrogens (tertiary/aromatic N) is 1. The lowest BCUT2D eigenvalue weighted by molar-refractivity contribution is -0.0931. The first-order valence-corrected chi connectivity index (χ1v) is 5.18. The summed E-state index contributed by atoms with van der Waals surface area (Å²) in [6.07, 6.45) is -0.222. The highest BCUT2D eigenvalue weighted by Crippen LogP contribution is 2.22. The number of fused-ring (bicyclic) bond motifs is 1. The second-order valence-corrected chi connectivity index (χ2v) is 3.69. The Morgan fingerprint density at radius 3 is 3.06 bits per heavy atom. The smallest absolute Gasteiger partial charge is 0.151 e. The number of ether oxygens (including phenoxy) is 2. The molecule has 0 aliphatic carbocycles. The molecule has 2 heterocycles. The molecule has 1 aliphatic rings. The molecule has 1 aliphatic heterocycles. The van der Waals surface area contributed by atoms with Crippen molar-refractivity contribution in [2.45, 2.75) is 6.10 Å². The van der Waals surface area contributed by atoms with Gasteiger partial charge in [-0.2, -0.15) is 0 Å². The number of nitrogens with one attached hydrogen (secondary N) is 1. The van der Waals surface area contributed by atoms with Gasteiger partial charge in [-0.15, -0.1) is 0 Å². The van der Waals surface area contributed by atoms with Gasteiger partial charge in [-0.25, -0.2) is 9.37 Å². The topological polar surface area (TPSA) is 47.1 Å². The third-order valence-corrected chi connectivity index (χ3v) is 2.60. The van der Waals surface area contributed by atoms with Gasteiger partial charge in [0.05, 0.1) is 25.3 Å². The van der Waals surface area contributed by atoms with E-state index in [9.17, 15) is 4.39 Å². The second-order valence-electron chi connectivity index (χ2n) is 3.69. The molecule has 0 spiro atoms. The molecule has 1 aromatic heterocycles. The molecule has 5 heteroatoms. The number of benzene rings is 1. The van der Waals surface area contributed by atoms with Crippen LogP contribution in [0, 0.1) is 5.82 Å². The summed E-state index contributed by atoms with van der Waals surface area (Å²) in [5, 5.41) is 0. The van der Waals surface area contributed by atoms with Crippen molar-refractivity contribution in [3.63, 3.8) is 0 Å². The van der Waals surface area contributed by atoms with Crippen LogP contribution in [0.25, 0.3) is 11.0 Å². The number of para-hydroxylation sites is 1. The molecule has 0 amide bonds. The molecule has 16 heavy (non-hydrogen) atoms. The normalized spacial score (nSPS) is 21.4. The van der Waals surface area contributed by atoms with Crippen LogP contribution in [0.4, 0.5) is 4.39 Å². The van der Waals surface area contributed by atoms with Crippen molar-refractivity contribution in [3.8, 4) is 0 Å². The number of aromatic nitrogens is 2. The minimum absolute atomic E-state index is 0.222. The first kappa shape index (κ1) is 9.74. The average molecular weight is 222 g/mol. The molecule has 1 atom stereocenters. The molecule has 0 saturated carbocycles. The largest absolute Gasteiger partial charge is 0.376 e. The highest BCUT2D eigenvalue weighted by molar-refractivity contribution is 5.75. The van der Waals surface area contributed by atoms with Crippen LogP contribution in [0.1, 0.15) is 11.9 Å². The predicted octanol–water partition coefficient (Wildman–Crippen LogP) is 1.79. The van der Waals surface area contributed by atoms with Crippen molar-refractivity contribution in [1.82, 2.24) is 9.97 Å². The van der Waals surface area contributed by atoms with Gasteiger partial charge < -0.3 is 14.5 Å². The fourth-order valence-corrected chi connectivity index (χ4v) is 1.81. The first-order chi connectivity index (χ1) is 7.84. The molecule has 0 bridgehead atoms. The number of rotatable bonds is 1. The van der Waals surface area contributed by atoms with Crippen LogP contribution in [-0.2, 0) is 9.47 Å². The lowest BCUT2D eigenvalue weighted by atomic mass is 10.3. The molecular formula is C11H11FN2O2. The first-order valence-electron chi connectivity index (χ1n) is 5.18. The quantitative estimate of drug-likeness (QED) is 0.800. The Hall–Kier alpha value is -1.46. The van der Waals surface area contributed by atoms with Gasteiger partial charge in [0.2, 0.25) is 0 Å². The summed E-state index contributed by atoms with van der Waals surface area (Å²) in [4.78, 5) is 7.25. The molecule has 1 fully saturated rings. The Bertz CT molecular complexity index is 506. The SMILES string of the molecule is Fc1cccc2[nH]c(C3COCCO3)nc12. The van der Waals surface area contributed by atoms with Crippen LogP contribution in [0.3, 0.4) is 0 Å². The third-order valence-electron chi connectivity index (χ3n) is 2.60. The van der Waals surface area contributed by atoms with E-state index < -0.39 is 0 Å². The fourth-order valence-electron chi connectivity index (χ4n) is 1.81. The van der Waals surface area contributed by atoms with E-state index in [-0.39, 0.29) is 11.9 Å². The van der Waals surface area contributed by atoms with Crippen LogP contribution in [-0.4, -0.2) is 29.8 Å². The third kappa shape index (κ3) is 1.58. The van der Waals surface area contributed by atoms with Crippen LogP contribution >= 0.6 is 0 Å². The lowest BCUT2D eigenvalue weighted by Gasteiger charge is -2.20. The van der Waals surface area contributed by atoms with Gasteiger partial charge in [-0.05, 0) is 12.1 Å². The molecule has 3 rings (SSSR count). The standard InChI is InChI=1S/C11H11FN2O2/c12-7-2-1-3-8-10(7)14-11(13-8)9-6-15-4-5-16-9/h1-3,9H,4-6H2,(H,13,14). The predicted molar refractivity (Wildman–Crippen MR) is 55.6 cm³/mol. The van der Waals surface area contributed by atoms with Gasteiger partial charge in [-0.1, -0.05) is 6.07 Å². The summed E-state index contributed by atoms with van der Waals surface area (Å²) in [5.74, 6) is 0.302. The maximum atomic E-state index is 13.4. The van der Waals surface area contributed by atoms with E-state index in [0.29, 0.717) is 36.7 Å². The zero-order chi connectivity index (χ0) is 11.0. The summed E-state index contributed by atoms with van der Waals surface area (Å²) < 4.78 is 24.2. The fraction of sp³-hybridized carbons (Fsp3) is 0.364. The Morgan fingerprint density at radius 2 is 2.31 bits per heavy atom. The summed E-state index contributed by atoms with van der Waals surface area (Å²) in [7, 11) is 0. The lowest BCUT2D eigenvalue weighted by Crippen LogP contribution is -2.22. The Kier molecular flexibility index (Phi) is 2.34. The highest BCUT2D eigenvalue weighted by Gasteiger charge is 2.20. The molecule has 1 aromatic carbocycles. The zero-order valence-electron chi connectivity index (χ0n) is 8.57. The van der Waals surface area contributed by atoms with Crippen LogP contribution < -0.4 is 0 Å². The maximum absolute atomic E-state index is 13.4. The number of H-pyrrole nitrogens is 1. The summed E-state index contributed by atoms with van der Waals surface area (Å²) in [6.45, 7) is 1.61. The van der Waals surface area contributed by atoms with E-state index in [4.69, 9.17) is 9.47 Å². The summed E-state index contributed by atoms with van der Waals surface area (Å²) >= 11 is 0. The Morgan fingerprint density at radius 1 is 1.38 bits per heavy atom. The van der Waals surface area contributed by atoms with Gasteiger partial charge in [0.1, 0.15) is 17.4 Å². The monoisotopic (exact) mass is 222 g/mol. The average Bonchev–Trinajstić information content (AvgIpc) is 2.76. The molecule has 1 N–H and O–H groups in total. The van der Waals surface area contributed by atoms with Crippen molar-refractivity contribution in [2.75, 3.05) is 19.8 Å². The van der Waals surface area contributed by atoms with Gasteiger partial charge in [0.15, 0.2) is 5.82 Å². The van der Waals surface area contributed by atoms with E-state index in [1.54, 1.807) is 12.1 Å². The zero-order valence-corrected chi connectivity index (χ0v) is 8.57. The maximum Gasteiger partial charge on any atom is 0.151 e. The van der Waals surface area contributed by atoms with Crippen molar-refractivity contribution in [2.24, 2.45) is 0 Å². The van der Waals surface area contributed by atoms with E-state index in [1.165, 1.54) is 6.07 Å². The number of hydrogen-bond acceptors (Lipinski definition) is 3. The van der Waals surface area contributed by atoms with Crippen LogP contribution in [0.2, 0.25) is 0 Å². The van der Waals surface area contributed by atoms with Gasteiger partial charge in [0.25, 0.3) is 0 Å². The van der Waals surface area contributed by atoms with Gasteiger partial charge in [-0.3, -0.25) is 0 Å². The van der Waals surface area contributed by atoms with Crippen LogP contribution in [0.15, 0.2) is 18.2 Å². The van der Waals surface area contributed by atoms with E-state index in [0.717, 1.165) is 0 Å². The number of aromatic amines is 1. The molecule has 1 saturated heterocycles. The number of halogens is 1. The molecule has 1 unspecified atom stereocenters. The number of imidazole rings is 1. The highest BCUT2D eigenvalue weighted by atomic mass is 19.1. The van der Waals surface area contributed by atoms with E-state index in [1.807, 2.05) is 0 Å². The minimum Gasteiger partial charge on any atom is -0.376 e. The van der Waals surface area contributed by atoms with E-state index in [2.05, 4.69) is 9.97 Å². The Balaban J connectivity index is 2.01. The van der Waals surface area contributed by atoms with Gasteiger partial charge >= 0.3 is 0 Å². The van der Waals surface area contributed by atoms with Crippen molar-refractivity contribution >= 4 is 11.0 Å². The summed E-state index contributed by atoms with van der Waals surface area (Å²) in [6, 6.07) is 4.83. The van der Waals surface area contributed by atoms with Crippen molar-refractivity contribution in [1.29, 1.82) is 0 Å².